The third-order valence-corrected chi connectivity index (χ3v) is 7.43. The van der Waals surface area contributed by atoms with Crippen molar-refractivity contribution in [2.75, 3.05) is 26.2 Å². The fourth-order valence-corrected chi connectivity index (χ4v) is 5.62. The molecule has 3 unspecified atom stereocenters. The summed E-state index contributed by atoms with van der Waals surface area (Å²) in [6, 6.07) is 4.51. The second-order valence-corrected chi connectivity index (χ2v) is 10.5. The molecule has 1 aromatic rings. The molecule has 0 spiro atoms. The highest BCUT2D eigenvalue weighted by Crippen LogP contribution is 2.33. The number of halogens is 2. The van der Waals surface area contributed by atoms with E-state index in [1.54, 1.807) is 18.2 Å². The van der Waals surface area contributed by atoms with E-state index >= 15 is 0 Å². The van der Waals surface area contributed by atoms with Gasteiger partial charge in [-0.15, -0.1) is 0 Å². The number of hydrogen-bond acceptors (Lipinski definition) is 4. The summed E-state index contributed by atoms with van der Waals surface area (Å²) in [6.07, 6.45) is 5.03. The smallest absolute Gasteiger partial charge is 0.251 e. The van der Waals surface area contributed by atoms with Crippen LogP contribution in [-0.2, 0) is 4.79 Å². The van der Waals surface area contributed by atoms with Crippen molar-refractivity contribution in [2.24, 2.45) is 23.5 Å². The first-order chi connectivity index (χ1) is 15.3. The van der Waals surface area contributed by atoms with Gasteiger partial charge < -0.3 is 21.3 Å². The zero-order valence-electron chi connectivity index (χ0n) is 19.1. The molecular formula is C24H36Cl2N4O2. The Morgan fingerprint density at radius 3 is 2.56 bits per heavy atom. The number of benzene rings is 1. The first kappa shape index (κ1) is 25.3. The van der Waals surface area contributed by atoms with Gasteiger partial charge in [-0.25, -0.2) is 0 Å². The zero-order chi connectivity index (χ0) is 23.3. The lowest BCUT2D eigenvalue weighted by molar-refractivity contribution is -0.133. The number of nitrogens with two attached hydrogens (primary N) is 1. The number of carbonyl (C=O) groups excluding carboxylic acids is 2. The number of rotatable bonds is 7. The normalized spacial score (nSPS) is 29.0. The van der Waals surface area contributed by atoms with Crippen molar-refractivity contribution in [3.8, 4) is 0 Å². The van der Waals surface area contributed by atoms with Crippen LogP contribution in [0.2, 0.25) is 10.0 Å². The minimum atomic E-state index is -0.312. The predicted octanol–water partition coefficient (Wildman–Crippen LogP) is 3.70. The molecule has 2 amide bonds. The summed E-state index contributed by atoms with van der Waals surface area (Å²) in [6.45, 7) is 7.02. The van der Waals surface area contributed by atoms with Crippen molar-refractivity contribution in [2.45, 2.75) is 58.0 Å². The molecule has 0 aromatic heterocycles. The van der Waals surface area contributed by atoms with E-state index in [9.17, 15) is 9.59 Å². The van der Waals surface area contributed by atoms with Gasteiger partial charge in [-0.3, -0.25) is 9.59 Å². The van der Waals surface area contributed by atoms with E-state index in [0.29, 0.717) is 59.4 Å². The van der Waals surface area contributed by atoms with Crippen molar-refractivity contribution in [3.05, 3.63) is 33.8 Å². The highest BCUT2D eigenvalue weighted by atomic mass is 35.5. The Morgan fingerprint density at radius 1 is 1.19 bits per heavy atom. The summed E-state index contributed by atoms with van der Waals surface area (Å²) in [5, 5.41) is 7.17. The number of carbonyl (C=O) groups is 2. The number of hydrogen-bond donors (Lipinski definition) is 3. The van der Waals surface area contributed by atoms with Crippen LogP contribution >= 0.6 is 23.2 Å². The number of amides is 2. The Balaban J connectivity index is 1.60. The van der Waals surface area contributed by atoms with Crippen molar-refractivity contribution >= 4 is 35.0 Å². The van der Waals surface area contributed by atoms with Gasteiger partial charge in [-0.2, -0.15) is 0 Å². The second kappa shape index (κ2) is 11.7. The Kier molecular flexibility index (Phi) is 9.23. The van der Waals surface area contributed by atoms with Crippen LogP contribution < -0.4 is 16.4 Å². The van der Waals surface area contributed by atoms with Gasteiger partial charge in [-0.05, 0) is 74.6 Å². The van der Waals surface area contributed by atoms with Crippen LogP contribution in [0.3, 0.4) is 0 Å². The monoisotopic (exact) mass is 482 g/mol. The van der Waals surface area contributed by atoms with Crippen LogP contribution in [-0.4, -0.2) is 55.0 Å². The number of nitrogens with one attached hydrogen (secondary N) is 2. The molecule has 3 rings (SSSR count). The fraction of sp³-hybridized carbons (Fsp3) is 0.667. The maximum Gasteiger partial charge on any atom is 0.251 e. The molecule has 2 fully saturated rings. The summed E-state index contributed by atoms with van der Waals surface area (Å²) in [7, 11) is 0. The first-order valence-corrected chi connectivity index (χ1v) is 12.5. The van der Waals surface area contributed by atoms with Crippen molar-refractivity contribution in [3.63, 3.8) is 0 Å². The molecule has 4 atom stereocenters. The van der Waals surface area contributed by atoms with Gasteiger partial charge in [0.05, 0.1) is 16.1 Å². The van der Waals surface area contributed by atoms with Crippen LogP contribution in [0.1, 0.15) is 56.3 Å². The van der Waals surface area contributed by atoms with Gasteiger partial charge in [-0.1, -0.05) is 37.0 Å². The minimum absolute atomic E-state index is 0.00331. The van der Waals surface area contributed by atoms with Gasteiger partial charge in [0.1, 0.15) is 0 Å². The van der Waals surface area contributed by atoms with Gasteiger partial charge in [0, 0.05) is 31.2 Å². The van der Waals surface area contributed by atoms with E-state index in [0.717, 1.165) is 13.0 Å². The summed E-state index contributed by atoms with van der Waals surface area (Å²) in [5.41, 5.74) is 6.27. The molecule has 1 heterocycles. The standard InChI is InChI=1S/C24H36Cl2N4O2/c1-15-9-16(2)11-17(10-15)14-30-8-6-19(29-22(5-7-27)24(30)32)13-28-23(31)18-3-4-20(25)21(26)12-18/h3-4,12,15-17,19,22,29H,5-11,13-14,27H2,1-2H3,(H,28,31)/t15?,16?,17?,19?,22-/m0/s1. The highest BCUT2D eigenvalue weighted by molar-refractivity contribution is 6.42. The van der Waals surface area contributed by atoms with Crippen LogP contribution in [0.5, 0.6) is 0 Å². The molecule has 0 bridgehead atoms. The van der Waals surface area contributed by atoms with E-state index in [1.165, 1.54) is 19.3 Å². The van der Waals surface area contributed by atoms with Crippen LogP contribution in [0, 0.1) is 17.8 Å². The van der Waals surface area contributed by atoms with E-state index in [1.807, 2.05) is 4.90 Å². The quantitative estimate of drug-likeness (QED) is 0.552. The highest BCUT2D eigenvalue weighted by Gasteiger charge is 2.33. The molecule has 1 aromatic carbocycles. The Bertz CT molecular complexity index is 796. The Morgan fingerprint density at radius 2 is 1.91 bits per heavy atom. The van der Waals surface area contributed by atoms with Crippen LogP contribution in [0.15, 0.2) is 18.2 Å². The summed E-state index contributed by atoms with van der Waals surface area (Å²) in [5.74, 6) is 1.92. The molecule has 178 valence electrons. The second-order valence-electron chi connectivity index (χ2n) is 9.69. The number of nitrogens with zero attached hydrogens (tertiary/aromatic N) is 1. The lowest BCUT2D eigenvalue weighted by atomic mass is 9.76. The van der Waals surface area contributed by atoms with Crippen molar-refractivity contribution < 1.29 is 9.59 Å². The lowest BCUT2D eigenvalue weighted by Crippen LogP contribution is -2.50. The topological polar surface area (TPSA) is 87.5 Å². The summed E-state index contributed by atoms with van der Waals surface area (Å²) < 4.78 is 0. The van der Waals surface area contributed by atoms with Gasteiger partial charge >= 0.3 is 0 Å². The largest absolute Gasteiger partial charge is 0.350 e. The van der Waals surface area contributed by atoms with E-state index < -0.39 is 0 Å². The Labute approximate surface area is 201 Å². The molecule has 4 N–H and O–H groups in total. The Hall–Kier alpha value is -1.34. The van der Waals surface area contributed by atoms with Crippen molar-refractivity contribution in [1.82, 2.24) is 15.5 Å². The first-order valence-electron chi connectivity index (χ1n) is 11.7. The maximum atomic E-state index is 13.2. The summed E-state index contributed by atoms with van der Waals surface area (Å²) >= 11 is 12.0. The molecule has 1 saturated carbocycles. The summed E-state index contributed by atoms with van der Waals surface area (Å²) in [4.78, 5) is 27.8. The lowest BCUT2D eigenvalue weighted by Gasteiger charge is -2.35. The molecule has 8 heteroatoms. The average Bonchev–Trinajstić information content (AvgIpc) is 2.87. The molecule has 1 aliphatic heterocycles. The average molecular weight is 483 g/mol. The van der Waals surface area contributed by atoms with Crippen LogP contribution in [0.4, 0.5) is 0 Å². The van der Waals surface area contributed by atoms with Gasteiger partial charge in [0.2, 0.25) is 5.91 Å². The molecule has 0 radical (unpaired) electrons. The zero-order valence-corrected chi connectivity index (χ0v) is 20.6. The van der Waals surface area contributed by atoms with Crippen LogP contribution in [0.25, 0.3) is 0 Å². The molecule has 1 saturated heterocycles. The third-order valence-electron chi connectivity index (χ3n) is 6.70. The van der Waals surface area contributed by atoms with E-state index in [2.05, 4.69) is 24.5 Å². The van der Waals surface area contributed by atoms with Crippen molar-refractivity contribution in [1.29, 1.82) is 0 Å². The fourth-order valence-electron chi connectivity index (χ4n) is 5.33. The third kappa shape index (κ3) is 6.83. The van der Waals surface area contributed by atoms with Gasteiger partial charge in [0.25, 0.3) is 5.91 Å². The maximum absolute atomic E-state index is 13.2. The van der Waals surface area contributed by atoms with E-state index in [4.69, 9.17) is 28.9 Å². The van der Waals surface area contributed by atoms with E-state index in [-0.39, 0.29) is 23.9 Å². The molecule has 1 aliphatic carbocycles. The molecular weight excluding hydrogens is 447 g/mol. The SMILES string of the molecule is CC1CC(C)CC(CN2CCC(CNC(=O)c3ccc(Cl)c(Cl)c3)N[C@@H](CCN)C2=O)C1. The predicted molar refractivity (Wildman–Crippen MR) is 130 cm³/mol. The molecule has 32 heavy (non-hydrogen) atoms. The van der Waals surface area contributed by atoms with Gasteiger partial charge in [0.15, 0.2) is 0 Å². The molecule has 6 nitrogen and oxygen atoms in total. The molecule has 2 aliphatic rings. The minimum Gasteiger partial charge on any atom is -0.350 e.